The lowest BCUT2D eigenvalue weighted by Crippen LogP contribution is -2.38. The summed E-state index contributed by atoms with van der Waals surface area (Å²) in [5.74, 6) is 0.657. The van der Waals surface area contributed by atoms with Crippen LogP contribution in [0.5, 0.6) is 0 Å². The van der Waals surface area contributed by atoms with Crippen molar-refractivity contribution in [3.8, 4) is 0 Å². The van der Waals surface area contributed by atoms with Crippen LogP contribution in [0.25, 0.3) is 0 Å². The number of aromatic nitrogens is 1. The Bertz CT molecular complexity index is 724. The molecule has 1 aromatic carbocycles. The number of benzene rings is 1. The maximum absolute atomic E-state index is 12.6. The predicted octanol–water partition coefficient (Wildman–Crippen LogP) is 3.71. The monoisotopic (exact) mass is 364 g/mol. The number of guanidine groups is 1. The third-order valence-corrected chi connectivity index (χ3v) is 3.84. The molecular weight excluding hydrogens is 341 g/mol. The van der Waals surface area contributed by atoms with Crippen molar-refractivity contribution < 1.29 is 13.2 Å². The molecule has 140 valence electrons. The van der Waals surface area contributed by atoms with E-state index in [9.17, 15) is 13.2 Å². The molecule has 0 saturated carbocycles. The fraction of sp³-hybridized carbons (Fsp3) is 0.368. The molecule has 2 N–H and O–H groups in total. The van der Waals surface area contributed by atoms with Gasteiger partial charge in [-0.25, -0.2) is 4.99 Å². The summed E-state index contributed by atoms with van der Waals surface area (Å²) >= 11 is 0. The molecule has 1 aromatic heterocycles. The van der Waals surface area contributed by atoms with Crippen molar-refractivity contribution in [1.82, 2.24) is 15.6 Å². The minimum absolute atomic E-state index is 0.461. The first-order valence-electron chi connectivity index (χ1n) is 8.49. The van der Waals surface area contributed by atoms with Gasteiger partial charge < -0.3 is 10.6 Å². The first-order chi connectivity index (χ1) is 12.4. The van der Waals surface area contributed by atoms with E-state index in [0.29, 0.717) is 32.0 Å². The molecule has 1 heterocycles. The zero-order valence-corrected chi connectivity index (χ0v) is 14.9. The number of aryl methyl sites for hydroxylation is 1. The van der Waals surface area contributed by atoms with E-state index in [-0.39, 0.29) is 0 Å². The largest absolute Gasteiger partial charge is 0.416 e. The lowest BCUT2D eigenvalue weighted by molar-refractivity contribution is -0.137. The second kappa shape index (κ2) is 9.22. The van der Waals surface area contributed by atoms with Gasteiger partial charge in [0.2, 0.25) is 0 Å². The Labute approximate surface area is 151 Å². The lowest BCUT2D eigenvalue weighted by atomic mass is 10.1. The average Bonchev–Trinajstić information content (AvgIpc) is 2.60. The van der Waals surface area contributed by atoms with E-state index in [1.54, 1.807) is 6.20 Å². The van der Waals surface area contributed by atoms with Gasteiger partial charge in [-0.2, -0.15) is 13.2 Å². The van der Waals surface area contributed by atoms with Crippen molar-refractivity contribution in [2.45, 2.75) is 33.0 Å². The molecule has 0 aliphatic carbocycles. The molecule has 0 saturated heterocycles. The van der Waals surface area contributed by atoms with Crippen LogP contribution in [0.1, 0.15) is 29.3 Å². The van der Waals surface area contributed by atoms with Crippen molar-refractivity contribution in [3.63, 3.8) is 0 Å². The molecule has 0 aliphatic heterocycles. The molecule has 0 bridgehead atoms. The number of nitrogens with zero attached hydrogens (tertiary/aromatic N) is 2. The highest BCUT2D eigenvalue weighted by Crippen LogP contribution is 2.29. The number of rotatable bonds is 6. The van der Waals surface area contributed by atoms with Crippen LogP contribution in [-0.4, -0.2) is 24.0 Å². The predicted molar refractivity (Wildman–Crippen MR) is 96.9 cm³/mol. The number of nitrogens with one attached hydrogen (secondary N) is 2. The van der Waals surface area contributed by atoms with Gasteiger partial charge in [-0.1, -0.05) is 18.2 Å². The molecule has 0 radical (unpaired) electrons. The highest BCUT2D eigenvalue weighted by Gasteiger charge is 2.29. The molecule has 2 aromatic rings. The number of pyridine rings is 1. The van der Waals surface area contributed by atoms with Gasteiger partial charge in [0.05, 0.1) is 17.8 Å². The molecule has 0 atom stereocenters. The van der Waals surface area contributed by atoms with Crippen molar-refractivity contribution >= 4 is 5.96 Å². The molecular formula is C19H23F3N4. The molecule has 4 nitrogen and oxygen atoms in total. The van der Waals surface area contributed by atoms with Crippen LogP contribution in [0.3, 0.4) is 0 Å². The van der Waals surface area contributed by atoms with Crippen LogP contribution in [0.2, 0.25) is 0 Å². The van der Waals surface area contributed by atoms with E-state index < -0.39 is 11.7 Å². The highest BCUT2D eigenvalue weighted by atomic mass is 19.4. The number of alkyl halides is 3. The van der Waals surface area contributed by atoms with Gasteiger partial charge in [0, 0.05) is 19.3 Å². The minimum Gasteiger partial charge on any atom is -0.357 e. The molecule has 0 amide bonds. The van der Waals surface area contributed by atoms with Gasteiger partial charge in [-0.15, -0.1) is 0 Å². The third-order valence-electron chi connectivity index (χ3n) is 3.84. The van der Waals surface area contributed by atoms with Gasteiger partial charge >= 0.3 is 6.18 Å². The zero-order chi connectivity index (χ0) is 19.0. The SMILES string of the molecule is CCNC(=NCc1ncccc1C)NCCc1ccc(C(F)(F)F)cc1. The van der Waals surface area contributed by atoms with E-state index >= 15 is 0 Å². The van der Waals surface area contributed by atoms with Crippen LogP contribution in [0.15, 0.2) is 47.6 Å². The third kappa shape index (κ3) is 6.06. The van der Waals surface area contributed by atoms with Gasteiger partial charge in [-0.05, 0) is 49.6 Å². The lowest BCUT2D eigenvalue weighted by Gasteiger charge is -2.12. The summed E-state index contributed by atoms with van der Waals surface area (Å²) in [6.45, 7) is 5.70. The smallest absolute Gasteiger partial charge is 0.357 e. The number of hydrogen-bond acceptors (Lipinski definition) is 2. The fourth-order valence-electron chi connectivity index (χ4n) is 2.37. The Morgan fingerprint density at radius 1 is 1.12 bits per heavy atom. The van der Waals surface area contributed by atoms with E-state index in [2.05, 4.69) is 20.6 Å². The summed E-state index contributed by atoms with van der Waals surface area (Å²) in [4.78, 5) is 8.82. The zero-order valence-electron chi connectivity index (χ0n) is 14.9. The van der Waals surface area contributed by atoms with Crippen molar-refractivity contribution in [2.75, 3.05) is 13.1 Å². The topological polar surface area (TPSA) is 49.3 Å². The molecule has 0 aliphatic rings. The maximum Gasteiger partial charge on any atom is 0.416 e. The Hall–Kier alpha value is -2.57. The van der Waals surface area contributed by atoms with Gasteiger partial charge in [0.25, 0.3) is 0 Å². The Balaban J connectivity index is 1.90. The Morgan fingerprint density at radius 3 is 2.46 bits per heavy atom. The van der Waals surface area contributed by atoms with Crippen LogP contribution in [0, 0.1) is 6.92 Å². The van der Waals surface area contributed by atoms with Crippen molar-refractivity contribution in [1.29, 1.82) is 0 Å². The fourth-order valence-corrected chi connectivity index (χ4v) is 2.37. The summed E-state index contributed by atoms with van der Waals surface area (Å²) in [7, 11) is 0. The van der Waals surface area contributed by atoms with Crippen molar-refractivity contribution in [2.24, 2.45) is 4.99 Å². The summed E-state index contributed by atoms with van der Waals surface area (Å²) in [6, 6.07) is 9.10. The molecule has 0 spiro atoms. The minimum atomic E-state index is -4.30. The summed E-state index contributed by atoms with van der Waals surface area (Å²) in [5.41, 5.74) is 2.20. The molecule has 0 unspecified atom stereocenters. The van der Waals surface area contributed by atoms with Gasteiger partial charge in [-0.3, -0.25) is 4.98 Å². The first kappa shape index (κ1) is 19.8. The van der Waals surface area contributed by atoms with Crippen LogP contribution < -0.4 is 10.6 Å². The number of halogens is 3. The molecule has 26 heavy (non-hydrogen) atoms. The average molecular weight is 364 g/mol. The Kier molecular flexibility index (Phi) is 7.00. The number of aliphatic imine (C=N–C) groups is 1. The quantitative estimate of drug-likeness (QED) is 0.607. The van der Waals surface area contributed by atoms with E-state index in [1.165, 1.54) is 12.1 Å². The first-order valence-corrected chi connectivity index (χ1v) is 8.49. The van der Waals surface area contributed by atoms with Gasteiger partial charge in [0.1, 0.15) is 0 Å². The van der Waals surface area contributed by atoms with Crippen LogP contribution in [0.4, 0.5) is 13.2 Å². The second-order valence-electron chi connectivity index (χ2n) is 5.83. The summed E-state index contributed by atoms with van der Waals surface area (Å²) in [5, 5.41) is 6.34. The summed E-state index contributed by atoms with van der Waals surface area (Å²) in [6.07, 6.45) is -1.96. The standard InChI is InChI=1S/C19H23F3N4/c1-3-23-18(26-13-17-14(2)5-4-11-24-17)25-12-10-15-6-8-16(9-7-15)19(20,21)22/h4-9,11H,3,10,12-13H2,1-2H3,(H2,23,25,26). The second-order valence-corrected chi connectivity index (χ2v) is 5.83. The highest BCUT2D eigenvalue weighted by molar-refractivity contribution is 5.79. The van der Waals surface area contributed by atoms with Gasteiger partial charge in [0.15, 0.2) is 5.96 Å². The normalized spacial score (nSPS) is 12.1. The van der Waals surface area contributed by atoms with Crippen LogP contribution >= 0.6 is 0 Å². The number of hydrogen-bond donors (Lipinski definition) is 2. The molecule has 0 fully saturated rings. The van der Waals surface area contributed by atoms with E-state index in [1.807, 2.05) is 26.0 Å². The van der Waals surface area contributed by atoms with Crippen molar-refractivity contribution in [3.05, 3.63) is 65.0 Å². The maximum atomic E-state index is 12.6. The van der Waals surface area contributed by atoms with E-state index in [4.69, 9.17) is 0 Å². The molecule has 7 heteroatoms. The summed E-state index contributed by atoms with van der Waals surface area (Å²) < 4.78 is 37.7. The Morgan fingerprint density at radius 2 is 1.85 bits per heavy atom. The molecule has 2 rings (SSSR count). The van der Waals surface area contributed by atoms with E-state index in [0.717, 1.165) is 29.0 Å². The van der Waals surface area contributed by atoms with Crippen LogP contribution in [-0.2, 0) is 19.1 Å².